The molecule has 2 saturated heterocycles. The van der Waals surface area contributed by atoms with Gasteiger partial charge in [0, 0.05) is 42.9 Å². The standard InChI is InChI=1S/C26H29N5O3/c27-16-17-4-6-22-21(13-17)20(26(33)29-22)3-1-2-8-30-9-11-31(12-10-30)19-5-7-23-18(14-19)15-24(34-23)25(28)32/h5-7,13-15,17,20H,1-4,8-12H2,(H2,28,32)(H,29,33). The lowest BCUT2D eigenvalue weighted by Crippen LogP contribution is -2.46. The third-order valence-corrected chi connectivity index (χ3v) is 7.08. The zero-order valence-corrected chi connectivity index (χ0v) is 19.1. The van der Waals surface area contributed by atoms with Crippen LogP contribution in [0, 0.1) is 23.2 Å². The van der Waals surface area contributed by atoms with Crippen LogP contribution in [0.5, 0.6) is 0 Å². The minimum Gasteiger partial charge on any atom is -0.451 e. The van der Waals surface area contributed by atoms with E-state index in [1.807, 2.05) is 30.4 Å². The number of nitriles is 1. The van der Waals surface area contributed by atoms with Crippen molar-refractivity contribution >= 4 is 28.5 Å². The molecular weight excluding hydrogens is 430 g/mol. The van der Waals surface area contributed by atoms with Crippen molar-refractivity contribution in [2.45, 2.75) is 25.7 Å². The molecule has 3 N–H and O–H groups in total. The lowest BCUT2D eigenvalue weighted by Gasteiger charge is -2.36. The molecule has 2 aromatic rings. The molecule has 2 amide bonds. The number of carbonyl (C=O) groups is 2. The summed E-state index contributed by atoms with van der Waals surface area (Å²) in [6, 6.07) is 9.96. The molecule has 2 unspecified atom stereocenters. The Bertz CT molecular complexity index is 1210. The molecule has 2 aliphatic heterocycles. The number of nitrogens with zero attached hydrogens (tertiary/aromatic N) is 3. The number of benzene rings is 1. The minimum atomic E-state index is -0.557. The molecule has 2 fully saturated rings. The van der Waals surface area contributed by atoms with Crippen LogP contribution in [0.4, 0.5) is 5.69 Å². The molecule has 8 heteroatoms. The van der Waals surface area contributed by atoms with Crippen molar-refractivity contribution in [3.8, 4) is 6.07 Å². The van der Waals surface area contributed by atoms with E-state index in [-0.39, 0.29) is 23.5 Å². The van der Waals surface area contributed by atoms with Gasteiger partial charge >= 0.3 is 0 Å². The Hall–Kier alpha value is -3.57. The number of anilines is 1. The summed E-state index contributed by atoms with van der Waals surface area (Å²) in [5, 5.41) is 13.1. The molecular formula is C26H29N5O3. The van der Waals surface area contributed by atoms with E-state index in [1.165, 1.54) is 0 Å². The average Bonchev–Trinajstić information content (AvgIpc) is 3.42. The summed E-state index contributed by atoms with van der Waals surface area (Å²) in [7, 11) is 0. The molecule has 0 saturated carbocycles. The van der Waals surface area contributed by atoms with Crippen molar-refractivity contribution in [2.24, 2.45) is 17.6 Å². The van der Waals surface area contributed by atoms with Gasteiger partial charge in [-0.3, -0.25) is 14.5 Å². The molecule has 0 spiro atoms. The summed E-state index contributed by atoms with van der Waals surface area (Å²) in [4.78, 5) is 28.6. The van der Waals surface area contributed by atoms with Crippen molar-refractivity contribution < 1.29 is 14.0 Å². The number of piperazine rings is 1. The molecule has 34 heavy (non-hydrogen) atoms. The summed E-state index contributed by atoms with van der Waals surface area (Å²) in [6.07, 6.45) is 7.51. The van der Waals surface area contributed by atoms with Gasteiger partial charge in [0.15, 0.2) is 5.76 Å². The Morgan fingerprint density at radius 1 is 1.21 bits per heavy atom. The van der Waals surface area contributed by atoms with E-state index in [0.29, 0.717) is 12.0 Å². The van der Waals surface area contributed by atoms with Gasteiger partial charge in [-0.25, -0.2) is 0 Å². The molecule has 0 bridgehead atoms. The minimum absolute atomic E-state index is 0.0715. The number of hydrogen-bond donors (Lipinski definition) is 2. The second kappa shape index (κ2) is 9.35. The Morgan fingerprint density at radius 3 is 2.79 bits per heavy atom. The predicted octanol–water partition coefficient (Wildman–Crippen LogP) is 2.92. The molecule has 2 atom stereocenters. The highest BCUT2D eigenvalue weighted by atomic mass is 16.3. The molecule has 3 aliphatic rings. The number of hydrogen-bond acceptors (Lipinski definition) is 6. The molecule has 176 valence electrons. The quantitative estimate of drug-likeness (QED) is 0.615. The number of fused-ring (bicyclic) bond motifs is 2. The van der Waals surface area contributed by atoms with Gasteiger partial charge in [0.25, 0.3) is 5.91 Å². The van der Waals surface area contributed by atoms with Crippen molar-refractivity contribution in [1.29, 1.82) is 5.26 Å². The largest absolute Gasteiger partial charge is 0.451 e. The second-order valence-electron chi connectivity index (χ2n) is 9.27. The SMILES string of the molecule is N#CC1C=C2C(=CC1)NC(=O)C2CCCCN1CCN(c2ccc3oc(C(N)=O)cc3c2)CC1. The lowest BCUT2D eigenvalue weighted by molar-refractivity contribution is -0.121. The smallest absolute Gasteiger partial charge is 0.284 e. The van der Waals surface area contributed by atoms with Crippen LogP contribution >= 0.6 is 0 Å². The van der Waals surface area contributed by atoms with E-state index in [1.54, 1.807) is 6.07 Å². The van der Waals surface area contributed by atoms with Crippen LogP contribution in [0.1, 0.15) is 36.2 Å². The molecule has 5 rings (SSSR count). The Morgan fingerprint density at radius 2 is 2.03 bits per heavy atom. The van der Waals surface area contributed by atoms with Crippen molar-refractivity contribution in [3.63, 3.8) is 0 Å². The molecule has 1 aromatic heterocycles. The van der Waals surface area contributed by atoms with E-state index >= 15 is 0 Å². The monoisotopic (exact) mass is 459 g/mol. The summed E-state index contributed by atoms with van der Waals surface area (Å²) in [6.45, 7) is 4.87. The average molecular weight is 460 g/mol. The highest BCUT2D eigenvalue weighted by molar-refractivity contribution is 5.95. The maximum Gasteiger partial charge on any atom is 0.284 e. The molecule has 1 aromatic carbocycles. The fraction of sp³-hybridized carbons (Fsp3) is 0.423. The third kappa shape index (κ3) is 4.44. The van der Waals surface area contributed by atoms with Gasteiger partial charge < -0.3 is 20.4 Å². The molecule has 8 nitrogen and oxygen atoms in total. The van der Waals surface area contributed by atoms with E-state index in [9.17, 15) is 14.9 Å². The number of carbonyl (C=O) groups excluding carboxylic acids is 2. The first-order valence-corrected chi connectivity index (χ1v) is 12.0. The van der Waals surface area contributed by atoms with Gasteiger partial charge in [-0.05, 0) is 55.6 Å². The van der Waals surface area contributed by atoms with Crippen LogP contribution in [0.15, 0.2) is 52.1 Å². The van der Waals surface area contributed by atoms with Gasteiger partial charge in [0.2, 0.25) is 5.91 Å². The second-order valence-corrected chi connectivity index (χ2v) is 9.27. The van der Waals surface area contributed by atoms with Gasteiger partial charge in [0.05, 0.1) is 17.9 Å². The number of amides is 2. The van der Waals surface area contributed by atoms with E-state index in [2.05, 4.69) is 21.2 Å². The topological polar surface area (TPSA) is 116 Å². The van der Waals surface area contributed by atoms with Gasteiger partial charge in [0.1, 0.15) is 5.58 Å². The maximum atomic E-state index is 12.4. The van der Waals surface area contributed by atoms with E-state index < -0.39 is 5.91 Å². The Labute approximate surface area is 198 Å². The molecule has 3 heterocycles. The number of nitrogens with one attached hydrogen (secondary N) is 1. The maximum absolute atomic E-state index is 12.4. The first-order chi connectivity index (χ1) is 16.5. The van der Waals surface area contributed by atoms with Gasteiger partial charge in [-0.2, -0.15) is 5.26 Å². The summed E-state index contributed by atoms with van der Waals surface area (Å²) >= 11 is 0. The van der Waals surface area contributed by atoms with Crippen molar-refractivity contribution in [3.05, 3.63) is 53.4 Å². The molecule has 0 radical (unpaired) electrons. The number of primary amides is 1. The highest BCUT2D eigenvalue weighted by Gasteiger charge is 2.34. The summed E-state index contributed by atoms with van der Waals surface area (Å²) in [5.74, 6) is -0.540. The first-order valence-electron chi connectivity index (χ1n) is 12.0. The van der Waals surface area contributed by atoms with Crippen molar-refractivity contribution in [1.82, 2.24) is 10.2 Å². The highest BCUT2D eigenvalue weighted by Crippen LogP contribution is 2.35. The number of unbranched alkanes of at least 4 members (excludes halogenated alkanes) is 1. The number of nitrogens with two attached hydrogens (primary N) is 1. The Balaban J connectivity index is 1.09. The fourth-order valence-electron chi connectivity index (χ4n) is 5.16. The van der Waals surface area contributed by atoms with Crippen LogP contribution in [0.3, 0.4) is 0 Å². The van der Waals surface area contributed by atoms with Gasteiger partial charge in [-0.15, -0.1) is 0 Å². The lowest BCUT2D eigenvalue weighted by atomic mass is 9.87. The van der Waals surface area contributed by atoms with E-state index in [4.69, 9.17) is 10.2 Å². The number of rotatable bonds is 7. The fourth-order valence-corrected chi connectivity index (χ4v) is 5.16. The van der Waals surface area contributed by atoms with Crippen LogP contribution in [0.25, 0.3) is 11.0 Å². The summed E-state index contributed by atoms with van der Waals surface area (Å²) in [5.41, 5.74) is 9.05. The van der Waals surface area contributed by atoms with Crippen molar-refractivity contribution in [2.75, 3.05) is 37.6 Å². The van der Waals surface area contributed by atoms with Crippen LogP contribution in [-0.2, 0) is 4.79 Å². The third-order valence-electron chi connectivity index (χ3n) is 7.08. The Kier molecular flexibility index (Phi) is 6.12. The normalized spacial score (nSPS) is 22.7. The van der Waals surface area contributed by atoms with Gasteiger partial charge in [-0.1, -0.05) is 18.6 Å². The van der Waals surface area contributed by atoms with Crippen LogP contribution in [0.2, 0.25) is 0 Å². The molecule has 1 aliphatic carbocycles. The van der Waals surface area contributed by atoms with E-state index in [0.717, 1.165) is 74.3 Å². The summed E-state index contributed by atoms with van der Waals surface area (Å²) < 4.78 is 5.48. The van der Waals surface area contributed by atoms with Crippen LogP contribution in [-0.4, -0.2) is 49.4 Å². The zero-order valence-electron chi connectivity index (χ0n) is 19.1. The van der Waals surface area contributed by atoms with Crippen LogP contribution < -0.4 is 16.0 Å². The number of furan rings is 1. The zero-order chi connectivity index (χ0) is 23.7. The predicted molar refractivity (Wildman–Crippen MR) is 129 cm³/mol. The first kappa shape index (κ1) is 22.2. The number of allylic oxidation sites excluding steroid dienone is 3.